The number of piperidine rings is 1. The maximum Gasteiger partial charge on any atom is 0.158 e. The van der Waals surface area contributed by atoms with E-state index in [9.17, 15) is 0 Å². The van der Waals surface area contributed by atoms with E-state index >= 15 is 0 Å². The zero-order chi connectivity index (χ0) is 14.4. The summed E-state index contributed by atoms with van der Waals surface area (Å²) >= 11 is 0. The van der Waals surface area contributed by atoms with Gasteiger partial charge in [0.2, 0.25) is 0 Å². The molecule has 1 atom stereocenters. The molecule has 2 heterocycles. The largest absolute Gasteiger partial charge is 0.384 e. The number of nitrogens with two attached hydrogens (primary N) is 1. The fourth-order valence-corrected chi connectivity index (χ4v) is 2.61. The van der Waals surface area contributed by atoms with Crippen LogP contribution in [-0.4, -0.2) is 47.7 Å². The van der Waals surface area contributed by atoms with Gasteiger partial charge >= 0.3 is 0 Å². The average Bonchev–Trinajstić information content (AvgIpc) is 2.39. The molecule has 1 aromatic heterocycles. The summed E-state index contributed by atoms with van der Waals surface area (Å²) < 4.78 is 5.05. The highest BCUT2D eigenvalue weighted by Crippen LogP contribution is 2.13. The number of hydrogen-bond acceptors (Lipinski definition) is 6. The van der Waals surface area contributed by atoms with Crippen molar-refractivity contribution in [3.8, 4) is 0 Å². The van der Waals surface area contributed by atoms with Crippen molar-refractivity contribution in [3.05, 3.63) is 11.9 Å². The minimum absolute atomic E-state index is 0.331. The van der Waals surface area contributed by atoms with Gasteiger partial charge in [-0.05, 0) is 32.9 Å². The van der Waals surface area contributed by atoms with Gasteiger partial charge in [0.25, 0.3) is 0 Å². The highest BCUT2D eigenvalue weighted by Gasteiger charge is 2.14. The van der Waals surface area contributed by atoms with E-state index in [0.29, 0.717) is 24.3 Å². The monoisotopic (exact) mass is 279 g/mol. The van der Waals surface area contributed by atoms with E-state index in [4.69, 9.17) is 10.5 Å². The van der Waals surface area contributed by atoms with Crippen molar-refractivity contribution in [1.29, 1.82) is 0 Å². The number of ether oxygens (including phenoxy) is 1. The molecule has 6 heteroatoms. The predicted molar refractivity (Wildman–Crippen MR) is 80.5 cm³/mol. The van der Waals surface area contributed by atoms with Crippen LogP contribution in [0.1, 0.15) is 32.0 Å². The molecule has 2 rings (SSSR count). The van der Waals surface area contributed by atoms with Gasteiger partial charge in [-0.2, -0.15) is 0 Å². The highest BCUT2D eigenvalue weighted by molar-refractivity contribution is 5.45. The van der Waals surface area contributed by atoms with Gasteiger partial charge in [-0.3, -0.25) is 0 Å². The Kier molecular flexibility index (Phi) is 5.55. The zero-order valence-electron chi connectivity index (χ0n) is 12.4. The molecule has 1 fully saturated rings. The van der Waals surface area contributed by atoms with Crippen molar-refractivity contribution in [3.63, 3.8) is 0 Å². The standard InChI is InChI=1S/C14H25N5O/c1-11(9-19-6-4-3-5-7-19)16-13-8-12(15)17-14(18-13)10-20-2/h8,11H,3-7,9-10H2,1-2H3,(H3,15,16,17,18). The Morgan fingerprint density at radius 3 is 2.80 bits per heavy atom. The molecule has 0 radical (unpaired) electrons. The van der Waals surface area contributed by atoms with Crippen LogP contribution in [0.5, 0.6) is 0 Å². The van der Waals surface area contributed by atoms with Crippen molar-refractivity contribution < 1.29 is 4.74 Å². The van der Waals surface area contributed by atoms with Gasteiger partial charge in [0.05, 0.1) is 0 Å². The Morgan fingerprint density at radius 1 is 1.35 bits per heavy atom. The summed E-state index contributed by atoms with van der Waals surface area (Å²) in [6.07, 6.45) is 3.98. The molecular formula is C14H25N5O. The molecule has 0 amide bonds. The summed E-state index contributed by atoms with van der Waals surface area (Å²) in [6.45, 7) is 5.98. The fraction of sp³-hybridized carbons (Fsp3) is 0.714. The molecule has 0 aromatic carbocycles. The van der Waals surface area contributed by atoms with Crippen LogP contribution in [0.25, 0.3) is 0 Å². The van der Waals surface area contributed by atoms with Gasteiger partial charge in [-0.25, -0.2) is 9.97 Å². The lowest BCUT2D eigenvalue weighted by Crippen LogP contribution is -2.38. The van der Waals surface area contributed by atoms with Crippen molar-refractivity contribution >= 4 is 11.6 Å². The molecule has 1 aliphatic heterocycles. The van der Waals surface area contributed by atoms with E-state index in [1.54, 1.807) is 13.2 Å². The second-order valence-corrected chi connectivity index (χ2v) is 5.43. The zero-order valence-corrected chi connectivity index (χ0v) is 12.4. The Hall–Kier alpha value is -1.40. The molecule has 0 saturated carbocycles. The van der Waals surface area contributed by atoms with Gasteiger partial charge in [-0.1, -0.05) is 6.42 Å². The van der Waals surface area contributed by atoms with Gasteiger partial charge < -0.3 is 20.7 Å². The Bertz CT molecular complexity index is 420. The summed E-state index contributed by atoms with van der Waals surface area (Å²) in [7, 11) is 1.62. The molecule has 1 saturated heterocycles. The summed E-state index contributed by atoms with van der Waals surface area (Å²) in [6, 6.07) is 2.10. The van der Waals surface area contributed by atoms with Crippen LogP contribution < -0.4 is 11.1 Å². The smallest absolute Gasteiger partial charge is 0.158 e. The van der Waals surface area contributed by atoms with E-state index in [1.165, 1.54) is 32.4 Å². The van der Waals surface area contributed by atoms with Crippen LogP contribution in [-0.2, 0) is 11.3 Å². The third-order valence-electron chi connectivity index (χ3n) is 3.44. The molecule has 0 spiro atoms. The van der Waals surface area contributed by atoms with Crippen LogP contribution in [0.15, 0.2) is 6.07 Å². The third-order valence-corrected chi connectivity index (χ3v) is 3.44. The van der Waals surface area contributed by atoms with Crippen LogP contribution in [0, 0.1) is 0 Å². The number of nitrogen functional groups attached to an aromatic ring is 1. The number of nitrogens with one attached hydrogen (secondary N) is 1. The van der Waals surface area contributed by atoms with Crippen LogP contribution >= 0.6 is 0 Å². The first-order chi connectivity index (χ1) is 9.67. The average molecular weight is 279 g/mol. The second kappa shape index (κ2) is 7.40. The van der Waals surface area contributed by atoms with Crippen LogP contribution in [0.3, 0.4) is 0 Å². The van der Waals surface area contributed by atoms with Gasteiger partial charge in [0, 0.05) is 25.8 Å². The second-order valence-electron chi connectivity index (χ2n) is 5.43. The number of aromatic nitrogens is 2. The van der Waals surface area contributed by atoms with Crippen molar-refractivity contribution in [2.75, 3.05) is 37.8 Å². The minimum atomic E-state index is 0.331. The predicted octanol–water partition coefficient (Wildman–Crippen LogP) is 1.49. The SMILES string of the molecule is COCc1nc(N)cc(NC(C)CN2CCCCC2)n1. The molecule has 112 valence electrons. The van der Waals surface area contributed by atoms with Crippen LogP contribution in [0.4, 0.5) is 11.6 Å². The normalized spacial score (nSPS) is 17.9. The van der Waals surface area contributed by atoms with Gasteiger partial charge in [0.15, 0.2) is 5.82 Å². The first-order valence-corrected chi connectivity index (χ1v) is 7.28. The van der Waals surface area contributed by atoms with E-state index in [0.717, 1.165) is 12.4 Å². The first kappa shape index (κ1) is 15.0. The Labute approximate surface area is 120 Å². The number of methoxy groups -OCH3 is 1. The molecule has 6 nitrogen and oxygen atoms in total. The lowest BCUT2D eigenvalue weighted by atomic mass is 10.1. The Balaban J connectivity index is 1.90. The van der Waals surface area contributed by atoms with E-state index in [1.807, 2.05) is 0 Å². The maximum atomic E-state index is 5.79. The number of anilines is 2. The maximum absolute atomic E-state index is 5.79. The number of hydrogen-bond donors (Lipinski definition) is 2. The quantitative estimate of drug-likeness (QED) is 0.821. The van der Waals surface area contributed by atoms with Crippen molar-refractivity contribution in [2.24, 2.45) is 0 Å². The number of rotatable bonds is 6. The lowest BCUT2D eigenvalue weighted by molar-refractivity contribution is 0.178. The summed E-state index contributed by atoms with van der Waals surface area (Å²) in [5, 5.41) is 3.40. The molecule has 1 aromatic rings. The number of likely N-dealkylation sites (tertiary alicyclic amines) is 1. The van der Waals surface area contributed by atoms with Gasteiger partial charge in [-0.15, -0.1) is 0 Å². The van der Waals surface area contributed by atoms with Crippen molar-refractivity contribution in [1.82, 2.24) is 14.9 Å². The fourth-order valence-electron chi connectivity index (χ4n) is 2.61. The lowest BCUT2D eigenvalue weighted by Gasteiger charge is -2.29. The molecule has 20 heavy (non-hydrogen) atoms. The third kappa shape index (κ3) is 4.61. The molecular weight excluding hydrogens is 254 g/mol. The van der Waals surface area contributed by atoms with Crippen molar-refractivity contribution in [2.45, 2.75) is 38.8 Å². The summed E-state index contributed by atoms with van der Waals surface area (Å²) in [4.78, 5) is 11.1. The Morgan fingerprint density at radius 2 is 2.10 bits per heavy atom. The molecule has 0 bridgehead atoms. The number of nitrogens with zero attached hydrogens (tertiary/aromatic N) is 3. The molecule has 0 aliphatic carbocycles. The minimum Gasteiger partial charge on any atom is -0.384 e. The topological polar surface area (TPSA) is 76.3 Å². The van der Waals surface area contributed by atoms with Gasteiger partial charge in [0.1, 0.15) is 18.2 Å². The highest BCUT2D eigenvalue weighted by atomic mass is 16.5. The van der Waals surface area contributed by atoms with Crippen LogP contribution in [0.2, 0.25) is 0 Å². The molecule has 1 aliphatic rings. The summed E-state index contributed by atoms with van der Waals surface area (Å²) in [5.74, 6) is 1.86. The van der Waals surface area contributed by atoms with E-state index in [2.05, 4.69) is 27.1 Å². The first-order valence-electron chi connectivity index (χ1n) is 7.28. The van der Waals surface area contributed by atoms with E-state index in [-0.39, 0.29) is 0 Å². The molecule has 1 unspecified atom stereocenters. The summed E-state index contributed by atoms with van der Waals surface area (Å²) in [5.41, 5.74) is 5.79. The van der Waals surface area contributed by atoms with E-state index < -0.39 is 0 Å². The molecule has 3 N–H and O–H groups in total.